The molecular formula is C14H18BrN3O. The first-order valence-electron chi connectivity index (χ1n) is 6.24. The number of nitrogens with zero attached hydrogens (tertiary/aromatic N) is 1. The molecule has 1 heterocycles. The molecule has 1 aromatic carbocycles. The van der Waals surface area contributed by atoms with Gasteiger partial charge in [-0.2, -0.15) is 0 Å². The van der Waals surface area contributed by atoms with Gasteiger partial charge in [-0.25, -0.2) is 0 Å². The number of halogens is 1. The molecule has 1 aromatic heterocycles. The van der Waals surface area contributed by atoms with Crippen molar-refractivity contribution in [3.63, 3.8) is 0 Å². The Kier molecular flexibility index (Phi) is 4.27. The van der Waals surface area contributed by atoms with E-state index in [9.17, 15) is 5.11 Å². The Balaban J connectivity index is 2.31. The van der Waals surface area contributed by atoms with E-state index in [0.717, 1.165) is 21.1 Å². The second-order valence-electron chi connectivity index (χ2n) is 4.94. The molecule has 0 aliphatic rings. The van der Waals surface area contributed by atoms with Gasteiger partial charge in [0.2, 0.25) is 0 Å². The molecule has 0 amide bonds. The number of fused-ring (bicyclic) bond motifs is 1. The maximum absolute atomic E-state index is 9.84. The summed E-state index contributed by atoms with van der Waals surface area (Å²) in [5.74, 6) is 0.217. The molecule has 1 atom stereocenters. The van der Waals surface area contributed by atoms with Crippen LogP contribution in [0.5, 0.6) is 0 Å². The second-order valence-corrected chi connectivity index (χ2v) is 5.86. The van der Waals surface area contributed by atoms with Gasteiger partial charge in [0, 0.05) is 28.3 Å². The molecule has 4 N–H and O–H groups in total. The molecule has 1 unspecified atom stereocenters. The minimum atomic E-state index is -0.386. The number of aliphatic hydroxyl groups is 1. The summed E-state index contributed by atoms with van der Waals surface area (Å²) >= 11 is 3.39. The Bertz CT molecular complexity index is 586. The number of anilines is 2. The molecule has 0 spiro atoms. The number of rotatable bonds is 4. The third-order valence-corrected chi connectivity index (χ3v) is 3.55. The average molecular weight is 324 g/mol. The van der Waals surface area contributed by atoms with Crippen molar-refractivity contribution in [3.05, 3.63) is 28.9 Å². The summed E-state index contributed by atoms with van der Waals surface area (Å²) in [5, 5.41) is 14.0. The van der Waals surface area contributed by atoms with Crippen molar-refractivity contribution in [1.29, 1.82) is 0 Å². The summed E-state index contributed by atoms with van der Waals surface area (Å²) in [4.78, 5) is 4.39. The number of nitrogens with two attached hydrogens (primary N) is 1. The molecule has 2 aromatic rings. The van der Waals surface area contributed by atoms with Gasteiger partial charge in [0.1, 0.15) is 0 Å². The molecule has 0 aliphatic heterocycles. The van der Waals surface area contributed by atoms with Crippen LogP contribution in [-0.2, 0) is 0 Å². The highest BCUT2D eigenvalue weighted by atomic mass is 79.9. The maximum Gasteiger partial charge on any atom is 0.0954 e. The standard InChI is InChI=1S/C14H18BrN3O/c1-8(2)13(19)7-17-12-4-3-11(16)10-5-9(15)6-18-14(10)12/h3-6,8,13,17,19H,7,16H2,1-2H3. The molecular weight excluding hydrogens is 306 g/mol. The van der Waals surface area contributed by atoms with E-state index in [0.29, 0.717) is 12.2 Å². The van der Waals surface area contributed by atoms with Crippen LogP contribution < -0.4 is 11.1 Å². The fourth-order valence-corrected chi connectivity index (χ4v) is 2.14. The lowest BCUT2D eigenvalue weighted by atomic mass is 10.1. The van der Waals surface area contributed by atoms with E-state index in [4.69, 9.17) is 5.73 Å². The SMILES string of the molecule is CC(C)C(O)CNc1ccc(N)c2cc(Br)cnc12. The average Bonchev–Trinajstić information content (AvgIpc) is 2.38. The Hall–Kier alpha value is -1.33. The van der Waals surface area contributed by atoms with Gasteiger partial charge in [-0.3, -0.25) is 4.98 Å². The van der Waals surface area contributed by atoms with E-state index < -0.39 is 0 Å². The largest absolute Gasteiger partial charge is 0.398 e. The quantitative estimate of drug-likeness (QED) is 0.756. The van der Waals surface area contributed by atoms with Crippen LogP contribution in [0.1, 0.15) is 13.8 Å². The predicted molar refractivity (Wildman–Crippen MR) is 83.2 cm³/mol. The van der Waals surface area contributed by atoms with Crippen molar-refractivity contribution in [2.24, 2.45) is 5.92 Å². The lowest BCUT2D eigenvalue weighted by Gasteiger charge is -2.17. The number of nitrogen functional groups attached to an aromatic ring is 1. The predicted octanol–water partition coefficient (Wildman–Crippen LogP) is 3.01. The molecule has 0 saturated heterocycles. The van der Waals surface area contributed by atoms with Gasteiger partial charge in [-0.1, -0.05) is 13.8 Å². The van der Waals surface area contributed by atoms with E-state index in [1.807, 2.05) is 32.0 Å². The zero-order valence-electron chi connectivity index (χ0n) is 11.0. The number of aromatic nitrogens is 1. The Labute approximate surface area is 121 Å². The van der Waals surface area contributed by atoms with Gasteiger partial charge in [-0.15, -0.1) is 0 Å². The summed E-state index contributed by atoms with van der Waals surface area (Å²) in [6.45, 7) is 4.47. The third-order valence-electron chi connectivity index (χ3n) is 3.12. The van der Waals surface area contributed by atoms with Gasteiger partial charge in [0.15, 0.2) is 0 Å². The highest BCUT2D eigenvalue weighted by Gasteiger charge is 2.11. The summed E-state index contributed by atoms with van der Waals surface area (Å²) in [6, 6.07) is 5.69. The Morgan fingerprint density at radius 2 is 2.16 bits per heavy atom. The summed E-state index contributed by atoms with van der Waals surface area (Å²) < 4.78 is 0.895. The van der Waals surface area contributed by atoms with E-state index in [2.05, 4.69) is 26.2 Å². The van der Waals surface area contributed by atoms with Crippen molar-refractivity contribution < 1.29 is 5.11 Å². The number of nitrogens with one attached hydrogen (secondary N) is 1. The van der Waals surface area contributed by atoms with Gasteiger partial charge < -0.3 is 16.2 Å². The summed E-state index contributed by atoms with van der Waals surface area (Å²) in [7, 11) is 0. The van der Waals surface area contributed by atoms with Crippen LogP contribution in [0, 0.1) is 5.92 Å². The molecule has 0 radical (unpaired) electrons. The van der Waals surface area contributed by atoms with Crippen LogP contribution in [0.3, 0.4) is 0 Å². The van der Waals surface area contributed by atoms with Crippen molar-refractivity contribution in [3.8, 4) is 0 Å². The van der Waals surface area contributed by atoms with Gasteiger partial charge in [-0.05, 0) is 40.0 Å². The van der Waals surface area contributed by atoms with E-state index in [1.54, 1.807) is 6.20 Å². The smallest absolute Gasteiger partial charge is 0.0954 e. The number of hydrogen-bond donors (Lipinski definition) is 3. The van der Waals surface area contributed by atoms with Crippen molar-refractivity contribution in [2.75, 3.05) is 17.6 Å². The zero-order chi connectivity index (χ0) is 14.0. The van der Waals surface area contributed by atoms with Gasteiger partial charge in [0.25, 0.3) is 0 Å². The van der Waals surface area contributed by atoms with Crippen LogP contribution in [0.2, 0.25) is 0 Å². The Morgan fingerprint density at radius 1 is 1.42 bits per heavy atom. The molecule has 0 aliphatic carbocycles. The van der Waals surface area contributed by atoms with E-state index >= 15 is 0 Å². The fourth-order valence-electron chi connectivity index (χ4n) is 1.81. The maximum atomic E-state index is 9.84. The van der Waals surface area contributed by atoms with Crippen molar-refractivity contribution in [1.82, 2.24) is 4.98 Å². The van der Waals surface area contributed by atoms with E-state index in [-0.39, 0.29) is 12.0 Å². The van der Waals surface area contributed by atoms with Crippen LogP contribution in [0.4, 0.5) is 11.4 Å². The number of benzene rings is 1. The summed E-state index contributed by atoms with van der Waals surface area (Å²) in [6.07, 6.45) is 1.36. The van der Waals surface area contributed by atoms with Gasteiger partial charge in [0.05, 0.1) is 17.3 Å². The highest BCUT2D eigenvalue weighted by Crippen LogP contribution is 2.28. The molecule has 4 nitrogen and oxygen atoms in total. The highest BCUT2D eigenvalue weighted by molar-refractivity contribution is 9.10. The number of hydrogen-bond acceptors (Lipinski definition) is 4. The molecule has 0 bridgehead atoms. The molecule has 2 rings (SSSR count). The molecule has 5 heteroatoms. The second kappa shape index (κ2) is 5.75. The van der Waals surface area contributed by atoms with Crippen LogP contribution in [0.15, 0.2) is 28.9 Å². The normalized spacial score (nSPS) is 12.9. The zero-order valence-corrected chi connectivity index (χ0v) is 12.6. The molecule has 0 fully saturated rings. The van der Waals surface area contributed by atoms with Crippen LogP contribution in [-0.4, -0.2) is 22.7 Å². The van der Waals surface area contributed by atoms with Crippen molar-refractivity contribution >= 4 is 38.2 Å². The number of aliphatic hydroxyl groups excluding tert-OH is 1. The van der Waals surface area contributed by atoms with Crippen LogP contribution in [0.25, 0.3) is 10.9 Å². The topological polar surface area (TPSA) is 71.2 Å². The molecule has 19 heavy (non-hydrogen) atoms. The van der Waals surface area contributed by atoms with Crippen molar-refractivity contribution in [2.45, 2.75) is 20.0 Å². The number of pyridine rings is 1. The Morgan fingerprint density at radius 3 is 2.84 bits per heavy atom. The van der Waals surface area contributed by atoms with Crippen LogP contribution >= 0.6 is 15.9 Å². The third kappa shape index (κ3) is 3.16. The first kappa shape index (κ1) is 14.1. The van der Waals surface area contributed by atoms with Gasteiger partial charge >= 0.3 is 0 Å². The minimum absolute atomic E-state index is 0.217. The molecule has 0 saturated carbocycles. The minimum Gasteiger partial charge on any atom is -0.398 e. The summed E-state index contributed by atoms with van der Waals surface area (Å²) in [5.41, 5.74) is 8.36. The lowest BCUT2D eigenvalue weighted by molar-refractivity contribution is 0.138. The monoisotopic (exact) mass is 323 g/mol. The first-order chi connectivity index (χ1) is 8.99. The lowest BCUT2D eigenvalue weighted by Crippen LogP contribution is -2.24. The first-order valence-corrected chi connectivity index (χ1v) is 7.04. The fraction of sp³-hybridized carbons (Fsp3) is 0.357. The van der Waals surface area contributed by atoms with E-state index in [1.165, 1.54) is 0 Å². The molecule has 102 valence electrons.